The Morgan fingerprint density at radius 3 is 2.73 bits per heavy atom. The smallest absolute Gasteiger partial charge is 0.331 e. The molecule has 1 aliphatic heterocycles. The van der Waals surface area contributed by atoms with E-state index in [2.05, 4.69) is 11.1 Å². The van der Waals surface area contributed by atoms with Gasteiger partial charge >= 0.3 is 5.97 Å². The van der Waals surface area contributed by atoms with Gasteiger partial charge in [0.1, 0.15) is 6.10 Å². The SMILES string of the molecule is Cn1ccnc1C(=O)C[C@H](c1ccc2ccccc2c1)[C@H]1C=CC(=O)O1. The van der Waals surface area contributed by atoms with Gasteiger partial charge in [-0.2, -0.15) is 0 Å². The van der Waals surface area contributed by atoms with Gasteiger partial charge in [0.15, 0.2) is 11.6 Å². The van der Waals surface area contributed by atoms with Gasteiger partial charge in [-0.15, -0.1) is 0 Å². The van der Waals surface area contributed by atoms with E-state index in [0.29, 0.717) is 5.82 Å². The Balaban J connectivity index is 1.70. The second kappa shape index (κ2) is 6.59. The summed E-state index contributed by atoms with van der Waals surface area (Å²) in [7, 11) is 1.79. The van der Waals surface area contributed by atoms with E-state index >= 15 is 0 Å². The van der Waals surface area contributed by atoms with Crippen LogP contribution in [0.2, 0.25) is 0 Å². The van der Waals surface area contributed by atoms with Crippen molar-refractivity contribution >= 4 is 22.5 Å². The van der Waals surface area contributed by atoms with Crippen molar-refractivity contribution in [3.8, 4) is 0 Å². The van der Waals surface area contributed by atoms with Crippen LogP contribution in [-0.2, 0) is 16.6 Å². The van der Waals surface area contributed by atoms with E-state index in [1.165, 1.54) is 6.08 Å². The number of carbonyl (C=O) groups is 2. The van der Waals surface area contributed by atoms with Gasteiger partial charge in [0, 0.05) is 37.9 Å². The van der Waals surface area contributed by atoms with Gasteiger partial charge in [-0.05, 0) is 22.4 Å². The minimum Gasteiger partial charge on any atom is -0.454 e. The maximum atomic E-state index is 12.8. The van der Waals surface area contributed by atoms with Crippen LogP contribution in [0.25, 0.3) is 10.8 Å². The molecule has 2 heterocycles. The molecule has 0 amide bonds. The highest BCUT2D eigenvalue weighted by atomic mass is 16.5. The van der Waals surface area contributed by atoms with Crippen molar-refractivity contribution in [2.75, 3.05) is 0 Å². The largest absolute Gasteiger partial charge is 0.454 e. The summed E-state index contributed by atoms with van der Waals surface area (Å²) < 4.78 is 7.11. The molecule has 4 rings (SSSR count). The second-order valence-corrected chi connectivity index (χ2v) is 6.46. The molecule has 0 bridgehead atoms. The number of Topliss-reactive ketones (excluding diaryl/α,β-unsaturated/α-hetero) is 1. The summed E-state index contributed by atoms with van der Waals surface area (Å²) in [5.41, 5.74) is 0.968. The Kier molecular flexibility index (Phi) is 4.13. The molecule has 2 atom stereocenters. The lowest BCUT2D eigenvalue weighted by Gasteiger charge is -2.22. The molecule has 0 spiro atoms. The van der Waals surface area contributed by atoms with Crippen molar-refractivity contribution in [1.82, 2.24) is 9.55 Å². The van der Waals surface area contributed by atoms with E-state index in [0.717, 1.165) is 16.3 Å². The molecule has 0 fully saturated rings. The number of ketones is 1. The fourth-order valence-electron chi connectivity index (χ4n) is 3.39. The maximum absolute atomic E-state index is 12.8. The number of hydrogen-bond acceptors (Lipinski definition) is 4. The molecule has 0 N–H and O–H groups in total. The second-order valence-electron chi connectivity index (χ2n) is 6.46. The first kappa shape index (κ1) is 16.3. The minimum atomic E-state index is -0.451. The molecule has 0 unspecified atom stereocenters. The number of carbonyl (C=O) groups excluding carboxylic acids is 2. The number of rotatable bonds is 5. The molecule has 0 saturated carbocycles. The summed E-state index contributed by atoms with van der Waals surface area (Å²) in [6, 6.07) is 14.1. The van der Waals surface area contributed by atoms with Crippen LogP contribution in [0.5, 0.6) is 0 Å². The highest BCUT2D eigenvalue weighted by Crippen LogP contribution is 2.32. The maximum Gasteiger partial charge on any atom is 0.331 e. The van der Waals surface area contributed by atoms with Gasteiger partial charge in [0.05, 0.1) is 0 Å². The number of cyclic esters (lactones) is 1. The Labute approximate surface area is 150 Å². The van der Waals surface area contributed by atoms with Crippen LogP contribution in [-0.4, -0.2) is 27.4 Å². The number of aryl methyl sites for hydroxylation is 1. The van der Waals surface area contributed by atoms with Crippen LogP contribution in [0.3, 0.4) is 0 Å². The molecule has 3 aromatic rings. The zero-order valence-corrected chi connectivity index (χ0v) is 14.3. The van der Waals surface area contributed by atoms with Crippen LogP contribution >= 0.6 is 0 Å². The quantitative estimate of drug-likeness (QED) is 0.525. The standard InChI is InChI=1S/C21H18N2O3/c1-23-11-10-22-21(23)18(24)13-17(19-8-9-20(25)26-19)16-7-6-14-4-2-3-5-15(14)12-16/h2-12,17,19H,13H2,1H3/t17-,19-/m1/s1. The number of fused-ring (bicyclic) bond motifs is 1. The number of hydrogen-bond donors (Lipinski definition) is 0. The van der Waals surface area contributed by atoms with E-state index in [1.807, 2.05) is 36.4 Å². The Hall–Kier alpha value is -3.21. The number of aromatic nitrogens is 2. The fourth-order valence-corrected chi connectivity index (χ4v) is 3.39. The highest BCUT2D eigenvalue weighted by molar-refractivity contribution is 5.94. The van der Waals surface area contributed by atoms with E-state index in [-0.39, 0.29) is 24.1 Å². The third-order valence-electron chi connectivity index (χ3n) is 4.75. The van der Waals surface area contributed by atoms with E-state index in [1.54, 1.807) is 30.1 Å². The highest BCUT2D eigenvalue weighted by Gasteiger charge is 2.31. The Morgan fingerprint density at radius 2 is 2.04 bits per heavy atom. The number of benzene rings is 2. The summed E-state index contributed by atoms with van der Waals surface area (Å²) in [5, 5.41) is 2.22. The van der Waals surface area contributed by atoms with Gasteiger partial charge in [-0.25, -0.2) is 9.78 Å². The third-order valence-corrected chi connectivity index (χ3v) is 4.75. The molecule has 0 saturated heterocycles. The van der Waals surface area contributed by atoms with Crippen molar-refractivity contribution in [1.29, 1.82) is 0 Å². The summed E-state index contributed by atoms with van der Waals surface area (Å²) in [6.07, 6.45) is 6.26. The van der Waals surface area contributed by atoms with Gasteiger partial charge in [-0.1, -0.05) is 42.5 Å². The molecule has 2 aromatic carbocycles. The number of imidazole rings is 1. The Morgan fingerprint density at radius 1 is 1.23 bits per heavy atom. The van der Waals surface area contributed by atoms with E-state index in [9.17, 15) is 9.59 Å². The lowest BCUT2D eigenvalue weighted by atomic mass is 9.87. The van der Waals surface area contributed by atoms with Crippen molar-refractivity contribution < 1.29 is 14.3 Å². The molecule has 1 aliphatic rings. The average Bonchev–Trinajstić information content (AvgIpc) is 3.27. The van der Waals surface area contributed by atoms with Gasteiger partial charge in [0.2, 0.25) is 0 Å². The summed E-state index contributed by atoms with van der Waals surface area (Å²) in [5.74, 6) is -0.298. The lowest BCUT2D eigenvalue weighted by molar-refractivity contribution is -0.139. The number of ether oxygens (including phenoxy) is 1. The monoisotopic (exact) mass is 346 g/mol. The van der Waals surface area contributed by atoms with Crippen LogP contribution in [0.1, 0.15) is 28.5 Å². The zero-order valence-electron chi connectivity index (χ0n) is 14.3. The average molecular weight is 346 g/mol. The van der Waals surface area contributed by atoms with Crippen molar-refractivity contribution in [2.45, 2.75) is 18.4 Å². The topological polar surface area (TPSA) is 61.2 Å². The fraction of sp³-hybridized carbons (Fsp3) is 0.190. The molecule has 5 heteroatoms. The third kappa shape index (κ3) is 3.04. The minimum absolute atomic E-state index is 0.0768. The van der Waals surface area contributed by atoms with Crippen LogP contribution in [0.15, 0.2) is 67.0 Å². The summed E-state index contributed by atoms with van der Waals surface area (Å²) in [4.78, 5) is 28.5. The molecule has 0 aliphatic carbocycles. The predicted molar refractivity (Wildman–Crippen MR) is 97.9 cm³/mol. The lowest BCUT2D eigenvalue weighted by Crippen LogP contribution is -2.23. The molecule has 26 heavy (non-hydrogen) atoms. The van der Waals surface area contributed by atoms with E-state index in [4.69, 9.17) is 4.74 Å². The molecule has 5 nitrogen and oxygen atoms in total. The zero-order chi connectivity index (χ0) is 18.1. The Bertz CT molecular complexity index is 1020. The normalized spacial score (nSPS) is 17.4. The van der Waals surface area contributed by atoms with Gasteiger partial charge in [-0.3, -0.25) is 4.79 Å². The first-order chi connectivity index (χ1) is 12.6. The predicted octanol–water partition coefficient (Wildman–Crippen LogP) is 3.41. The van der Waals surface area contributed by atoms with Gasteiger partial charge in [0.25, 0.3) is 0 Å². The number of nitrogens with zero attached hydrogens (tertiary/aromatic N) is 2. The van der Waals surface area contributed by atoms with Gasteiger partial charge < -0.3 is 9.30 Å². The van der Waals surface area contributed by atoms with Crippen LogP contribution < -0.4 is 0 Å². The first-order valence-corrected chi connectivity index (χ1v) is 8.50. The molecular formula is C21H18N2O3. The summed E-state index contributed by atoms with van der Waals surface area (Å²) >= 11 is 0. The van der Waals surface area contributed by atoms with Crippen LogP contribution in [0, 0.1) is 0 Å². The summed E-state index contributed by atoms with van der Waals surface area (Å²) in [6.45, 7) is 0. The van der Waals surface area contributed by atoms with Crippen molar-refractivity contribution in [3.05, 3.63) is 78.4 Å². The number of esters is 1. The first-order valence-electron chi connectivity index (χ1n) is 8.50. The molecule has 0 radical (unpaired) electrons. The van der Waals surface area contributed by atoms with E-state index < -0.39 is 6.10 Å². The van der Waals surface area contributed by atoms with Crippen molar-refractivity contribution in [3.63, 3.8) is 0 Å². The molecular weight excluding hydrogens is 328 g/mol. The molecule has 130 valence electrons. The van der Waals surface area contributed by atoms with Crippen LogP contribution in [0.4, 0.5) is 0 Å². The molecule has 1 aromatic heterocycles. The van der Waals surface area contributed by atoms with Crippen molar-refractivity contribution in [2.24, 2.45) is 7.05 Å².